The molecule has 0 spiro atoms. The second-order valence-electron chi connectivity index (χ2n) is 3.36. The van der Waals surface area contributed by atoms with E-state index in [2.05, 4.69) is 5.32 Å². The lowest BCUT2D eigenvalue weighted by Crippen LogP contribution is -2.58. The number of hydrogen-bond acceptors (Lipinski definition) is 4. The highest BCUT2D eigenvalue weighted by Gasteiger charge is 2.24. The highest BCUT2D eigenvalue weighted by Crippen LogP contribution is 2.02. The first-order chi connectivity index (χ1) is 6.75. The monoisotopic (exact) mass is 202 g/mol. The minimum absolute atomic E-state index is 0.0348. The first-order valence-electron chi connectivity index (χ1n) is 4.78. The molecule has 0 aromatic heterocycles. The van der Waals surface area contributed by atoms with E-state index < -0.39 is 0 Å². The second kappa shape index (κ2) is 5.95. The number of hydrogen-bond donors (Lipinski definition) is 1. The molecule has 14 heavy (non-hydrogen) atoms. The lowest BCUT2D eigenvalue weighted by Gasteiger charge is -2.35. The molecule has 1 saturated heterocycles. The summed E-state index contributed by atoms with van der Waals surface area (Å²) >= 11 is 0. The highest BCUT2D eigenvalue weighted by atomic mass is 16.5. The van der Waals surface area contributed by atoms with Gasteiger partial charge in [-0.25, -0.2) is 0 Å². The molecule has 0 unspecified atom stereocenters. The van der Waals surface area contributed by atoms with Crippen LogP contribution in [0.3, 0.4) is 0 Å². The molecule has 0 bridgehead atoms. The van der Waals surface area contributed by atoms with Gasteiger partial charge in [0.2, 0.25) is 5.91 Å². The molecular weight excluding hydrogens is 184 g/mol. The van der Waals surface area contributed by atoms with E-state index in [1.807, 2.05) is 7.05 Å². The standard InChI is InChI=1S/C9H18N2O3/c1-11(8-5-10-6-8)9(12)7-14-4-3-13-2/h8,10H,3-7H2,1-2H3. The van der Waals surface area contributed by atoms with E-state index in [1.165, 1.54) is 0 Å². The summed E-state index contributed by atoms with van der Waals surface area (Å²) in [4.78, 5) is 13.2. The summed E-state index contributed by atoms with van der Waals surface area (Å²) < 4.78 is 9.94. The van der Waals surface area contributed by atoms with Gasteiger partial charge in [-0.15, -0.1) is 0 Å². The van der Waals surface area contributed by atoms with Gasteiger partial charge in [-0.2, -0.15) is 0 Å². The molecule has 0 aliphatic carbocycles. The molecule has 1 aliphatic rings. The number of rotatable bonds is 6. The first-order valence-corrected chi connectivity index (χ1v) is 4.78. The smallest absolute Gasteiger partial charge is 0.248 e. The molecule has 1 heterocycles. The second-order valence-corrected chi connectivity index (χ2v) is 3.36. The third-order valence-corrected chi connectivity index (χ3v) is 2.36. The Hall–Kier alpha value is -0.650. The molecule has 1 fully saturated rings. The third-order valence-electron chi connectivity index (χ3n) is 2.36. The van der Waals surface area contributed by atoms with Crippen molar-refractivity contribution in [2.45, 2.75) is 6.04 Å². The molecule has 0 atom stereocenters. The fourth-order valence-corrected chi connectivity index (χ4v) is 1.15. The Morgan fingerprint density at radius 1 is 1.50 bits per heavy atom. The van der Waals surface area contributed by atoms with Crippen LogP contribution in [0.5, 0.6) is 0 Å². The Bertz CT molecular complexity index is 183. The molecule has 0 radical (unpaired) electrons. The van der Waals surface area contributed by atoms with Crippen LogP contribution in [0.2, 0.25) is 0 Å². The molecular formula is C9H18N2O3. The molecule has 82 valence electrons. The van der Waals surface area contributed by atoms with Gasteiger partial charge in [-0.1, -0.05) is 0 Å². The highest BCUT2D eigenvalue weighted by molar-refractivity contribution is 5.77. The molecule has 5 nitrogen and oxygen atoms in total. The molecule has 1 N–H and O–H groups in total. The molecule has 0 saturated carbocycles. The number of ether oxygens (including phenoxy) is 2. The number of methoxy groups -OCH3 is 1. The Morgan fingerprint density at radius 2 is 2.21 bits per heavy atom. The zero-order valence-corrected chi connectivity index (χ0v) is 8.78. The van der Waals surface area contributed by atoms with Gasteiger partial charge in [0, 0.05) is 27.2 Å². The minimum atomic E-state index is 0.0348. The van der Waals surface area contributed by atoms with Crippen molar-refractivity contribution < 1.29 is 14.3 Å². The molecule has 5 heteroatoms. The number of amides is 1. The van der Waals surface area contributed by atoms with Crippen LogP contribution >= 0.6 is 0 Å². The average Bonchev–Trinajstić information content (AvgIpc) is 2.09. The van der Waals surface area contributed by atoms with Crippen LogP contribution in [0, 0.1) is 0 Å². The van der Waals surface area contributed by atoms with Crippen LogP contribution in [0.25, 0.3) is 0 Å². The van der Waals surface area contributed by atoms with E-state index in [-0.39, 0.29) is 12.5 Å². The zero-order valence-electron chi connectivity index (χ0n) is 8.78. The third kappa shape index (κ3) is 3.25. The van der Waals surface area contributed by atoms with Crippen molar-refractivity contribution in [1.82, 2.24) is 10.2 Å². The summed E-state index contributed by atoms with van der Waals surface area (Å²) in [5, 5.41) is 3.12. The number of carbonyl (C=O) groups excluding carboxylic acids is 1. The summed E-state index contributed by atoms with van der Waals surface area (Å²) in [6.45, 7) is 2.93. The lowest BCUT2D eigenvalue weighted by molar-refractivity contribution is -0.138. The van der Waals surface area contributed by atoms with Gasteiger partial charge in [-0.05, 0) is 0 Å². The van der Waals surface area contributed by atoms with Gasteiger partial charge >= 0.3 is 0 Å². The molecule has 1 amide bonds. The van der Waals surface area contributed by atoms with E-state index in [4.69, 9.17) is 9.47 Å². The summed E-state index contributed by atoms with van der Waals surface area (Å²) in [7, 11) is 3.42. The van der Waals surface area contributed by atoms with Crippen molar-refractivity contribution in [1.29, 1.82) is 0 Å². The Labute approximate surface area is 84.4 Å². The van der Waals surface area contributed by atoms with Crippen molar-refractivity contribution in [3.63, 3.8) is 0 Å². The van der Waals surface area contributed by atoms with Crippen molar-refractivity contribution in [3.8, 4) is 0 Å². The van der Waals surface area contributed by atoms with E-state index in [9.17, 15) is 4.79 Å². The largest absolute Gasteiger partial charge is 0.382 e. The predicted molar refractivity (Wildman–Crippen MR) is 52.1 cm³/mol. The van der Waals surface area contributed by atoms with Crippen LogP contribution in [0.1, 0.15) is 0 Å². The molecule has 0 aromatic carbocycles. The van der Waals surface area contributed by atoms with Crippen molar-refractivity contribution in [3.05, 3.63) is 0 Å². The summed E-state index contributed by atoms with van der Waals surface area (Å²) in [5.74, 6) is 0.0348. The Kier molecular flexibility index (Phi) is 4.86. The maximum atomic E-state index is 11.5. The maximum absolute atomic E-state index is 11.5. The van der Waals surface area contributed by atoms with Crippen molar-refractivity contribution >= 4 is 5.91 Å². The molecule has 1 rings (SSSR count). The Morgan fingerprint density at radius 3 is 2.71 bits per heavy atom. The number of nitrogens with one attached hydrogen (secondary N) is 1. The van der Waals surface area contributed by atoms with Crippen LogP contribution < -0.4 is 5.32 Å². The van der Waals surface area contributed by atoms with E-state index in [0.29, 0.717) is 19.3 Å². The normalized spacial score (nSPS) is 16.4. The summed E-state index contributed by atoms with van der Waals surface area (Å²) in [6, 6.07) is 0.341. The maximum Gasteiger partial charge on any atom is 0.248 e. The molecule has 0 aromatic rings. The van der Waals surface area contributed by atoms with E-state index in [1.54, 1.807) is 12.0 Å². The van der Waals surface area contributed by atoms with Crippen molar-refractivity contribution in [2.75, 3.05) is 47.1 Å². The average molecular weight is 202 g/mol. The van der Waals surface area contributed by atoms with E-state index >= 15 is 0 Å². The predicted octanol–water partition coefficient (Wildman–Crippen LogP) is -0.920. The van der Waals surface area contributed by atoms with Gasteiger partial charge in [0.25, 0.3) is 0 Å². The zero-order chi connectivity index (χ0) is 10.4. The number of likely N-dealkylation sites (N-methyl/N-ethyl adjacent to an activating group) is 1. The molecule has 1 aliphatic heterocycles. The van der Waals surface area contributed by atoms with Crippen LogP contribution in [-0.2, 0) is 14.3 Å². The van der Waals surface area contributed by atoms with Crippen molar-refractivity contribution in [2.24, 2.45) is 0 Å². The summed E-state index contributed by atoms with van der Waals surface area (Å²) in [6.07, 6.45) is 0. The van der Waals surface area contributed by atoms with E-state index in [0.717, 1.165) is 13.1 Å². The first kappa shape index (κ1) is 11.4. The Balaban J connectivity index is 2.07. The van der Waals surface area contributed by atoms with Crippen LogP contribution in [0.15, 0.2) is 0 Å². The van der Waals surface area contributed by atoms with Crippen LogP contribution in [0.4, 0.5) is 0 Å². The van der Waals surface area contributed by atoms with Gasteiger partial charge in [-0.3, -0.25) is 4.79 Å². The lowest BCUT2D eigenvalue weighted by atomic mass is 10.1. The fraction of sp³-hybridized carbons (Fsp3) is 0.889. The SMILES string of the molecule is COCCOCC(=O)N(C)C1CNC1. The van der Waals surface area contributed by atoms with Crippen LogP contribution in [-0.4, -0.2) is 63.9 Å². The quantitative estimate of drug-likeness (QED) is 0.566. The number of nitrogens with zero attached hydrogens (tertiary/aromatic N) is 1. The fourth-order valence-electron chi connectivity index (χ4n) is 1.15. The topological polar surface area (TPSA) is 50.8 Å². The van der Waals surface area contributed by atoms with Gasteiger partial charge in [0.15, 0.2) is 0 Å². The van der Waals surface area contributed by atoms with Gasteiger partial charge < -0.3 is 19.7 Å². The van der Waals surface area contributed by atoms with Gasteiger partial charge in [0.1, 0.15) is 6.61 Å². The minimum Gasteiger partial charge on any atom is -0.382 e. The van der Waals surface area contributed by atoms with Gasteiger partial charge in [0.05, 0.1) is 19.3 Å². The summed E-state index contributed by atoms with van der Waals surface area (Å²) in [5.41, 5.74) is 0. The number of carbonyl (C=O) groups is 1.